The third kappa shape index (κ3) is 8.08. The van der Waals surface area contributed by atoms with Crippen LogP contribution in [0.2, 0.25) is 0 Å². The highest BCUT2D eigenvalue weighted by atomic mass is 79.9. The van der Waals surface area contributed by atoms with Gasteiger partial charge in [-0.2, -0.15) is 0 Å². The summed E-state index contributed by atoms with van der Waals surface area (Å²) in [6, 6.07) is 0. The van der Waals surface area contributed by atoms with Crippen LogP contribution in [0.3, 0.4) is 0 Å². The van der Waals surface area contributed by atoms with E-state index in [1.807, 2.05) is 0 Å². The molecule has 4 nitrogen and oxygen atoms in total. The maximum Gasteiger partial charge on any atom is 0.317 e. The minimum absolute atomic E-state index is 0.0102. The molecule has 0 aliphatic carbocycles. The molecule has 0 aromatic rings. The third-order valence-electron chi connectivity index (χ3n) is 0.954. The van der Waals surface area contributed by atoms with Crippen LogP contribution in [0.25, 0.3) is 0 Å². The number of hydrogen-bond acceptors (Lipinski definition) is 4. The van der Waals surface area contributed by atoms with Crippen molar-refractivity contribution in [2.24, 2.45) is 0 Å². The van der Waals surface area contributed by atoms with Crippen LogP contribution in [-0.2, 0) is 19.1 Å². The van der Waals surface area contributed by atoms with Crippen molar-refractivity contribution < 1.29 is 19.1 Å². The zero-order valence-corrected chi connectivity index (χ0v) is 10.4. The summed E-state index contributed by atoms with van der Waals surface area (Å²) in [5.74, 6) is 4.29. The summed E-state index contributed by atoms with van der Waals surface area (Å²) >= 11 is 5.86. The van der Waals surface area contributed by atoms with Gasteiger partial charge in [0.2, 0.25) is 0 Å². The first kappa shape index (κ1) is 13.5. The quantitative estimate of drug-likeness (QED) is 0.437. The van der Waals surface area contributed by atoms with Crippen molar-refractivity contribution >= 4 is 43.8 Å². The Morgan fingerprint density at radius 1 is 0.929 bits per heavy atom. The van der Waals surface area contributed by atoms with Gasteiger partial charge in [-0.05, 0) is 0 Å². The minimum Gasteiger partial charge on any atom is -0.452 e. The molecular formula is C8H8Br2O4. The molecule has 0 fully saturated rings. The Kier molecular flexibility index (Phi) is 8.68. The molecule has 0 rings (SSSR count). The second-order valence-corrected chi connectivity index (χ2v) is 3.06. The summed E-state index contributed by atoms with van der Waals surface area (Å²) in [7, 11) is 0. The summed E-state index contributed by atoms with van der Waals surface area (Å²) in [5, 5.41) is 0.292. The molecule has 0 saturated carbocycles. The van der Waals surface area contributed by atoms with Gasteiger partial charge in [-0.1, -0.05) is 43.7 Å². The van der Waals surface area contributed by atoms with Crippen molar-refractivity contribution in [2.45, 2.75) is 0 Å². The zero-order chi connectivity index (χ0) is 10.8. The molecule has 14 heavy (non-hydrogen) atoms. The fraction of sp³-hybridized carbons (Fsp3) is 0.500. The molecule has 0 N–H and O–H groups in total. The molecule has 6 heteroatoms. The SMILES string of the molecule is O=C(CBr)OCC#CCOC(=O)CBr. The van der Waals surface area contributed by atoms with Crippen LogP contribution in [0.1, 0.15) is 0 Å². The van der Waals surface area contributed by atoms with E-state index in [1.54, 1.807) is 0 Å². The lowest BCUT2D eigenvalue weighted by Gasteiger charge is -1.95. The number of hydrogen-bond donors (Lipinski definition) is 0. The van der Waals surface area contributed by atoms with Crippen molar-refractivity contribution in [1.82, 2.24) is 0 Å². The molecule has 0 saturated heterocycles. The Hall–Kier alpha value is -0.540. The van der Waals surface area contributed by atoms with Gasteiger partial charge in [-0.25, -0.2) is 0 Å². The topological polar surface area (TPSA) is 52.6 Å². The van der Waals surface area contributed by atoms with Crippen LogP contribution >= 0.6 is 31.9 Å². The number of carbonyl (C=O) groups is 2. The van der Waals surface area contributed by atoms with Crippen molar-refractivity contribution in [2.75, 3.05) is 23.9 Å². The molecule has 0 spiro atoms. The maximum absolute atomic E-state index is 10.6. The second-order valence-electron chi connectivity index (χ2n) is 1.94. The average Bonchev–Trinajstić information content (AvgIpc) is 2.22. The van der Waals surface area contributed by atoms with Crippen LogP contribution in [0.5, 0.6) is 0 Å². The average molecular weight is 328 g/mol. The second kappa shape index (κ2) is 9.03. The van der Waals surface area contributed by atoms with E-state index in [0.29, 0.717) is 0 Å². The normalized spacial score (nSPS) is 8.43. The molecule has 0 unspecified atom stereocenters. The van der Waals surface area contributed by atoms with E-state index in [4.69, 9.17) is 0 Å². The number of esters is 2. The van der Waals surface area contributed by atoms with Crippen molar-refractivity contribution in [3.8, 4) is 11.8 Å². The van der Waals surface area contributed by atoms with Gasteiger partial charge in [0.1, 0.15) is 10.7 Å². The number of halogens is 2. The number of carbonyl (C=O) groups excluding carboxylic acids is 2. The van der Waals surface area contributed by atoms with Gasteiger partial charge in [-0.3, -0.25) is 9.59 Å². The standard InChI is InChI=1S/C8H8Br2O4/c9-5-7(11)13-3-1-2-4-14-8(12)6-10/h3-6H2. The monoisotopic (exact) mass is 326 g/mol. The maximum atomic E-state index is 10.6. The zero-order valence-electron chi connectivity index (χ0n) is 7.22. The van der Waals surface area contributed by atoms with Gasteiger partial charge in [0.15, 0.2) is 13.2 Å². The molecule has 0 amide bonds. The molecule has 0 bridgehead atoms. The van der Waals surface area contributed by atoms with Crippen LogP contribution in [0.15, 0.2) is 0 Å². The van der Waals surface area contributed by atoms with Crippen LogP contribution in [0.4, 0.5) is 0 Å². The van der Waals surface area contributed by atoms with Crippen LogP contribution < -0.4 is 0 Å². The molecule has 78 valence electrons. The van der Waals surface area contributed by atoms with Crippen molar-refractivity contribution in [1.29, 1.82) is 0 Å². The molecule has 0 aromatic carbocycles. The molecule has 0 aliphatic rings. The van der Waals surface area contributed by atoms with E-state index >= 15 is 0 Å². The molecule has 0 atom stereocenters. The minimum atomic E-state index is -0.378. The first-order valence-corrected chi connectivity index (χ1v) is 5.84. The Balaban J connectivity index is 3.45. The highest BCUT2D eigenvalue weighted by Crippen LogP contribution is 1.85. The van der Waals surface area contributed by atoms with E-state index in [1.165, 1.54) is 0 Å². The van der Waals surface area contributed by atoms with Gasteiger partial charge in [0, 0.05) is 0 Å². The Bertz CT molecular complexity index is 230. The number of ether oxygens (including phenoxy) is 2. The predicted molar refractivity (Wildman–Crippen MR) is 57.3 cm³/mol. The van der Waals surface area contributed by atoms with E-state index in [9.17, 15) is 9.59 Å². The van der Waals surface area contributed by atoms with Crippen LogP contribution in [-0.4, -0.2) is 35.8 Å². The molecule has 0 aromatic heterocycles. The van der Waals surface area contributed by atoms with Gasteiger partial charge in [0.25, 0.3) is 0 Å². The van der Waals surface area contributed by atoms with E-state index in [0.717, 1.165) is 0 Å². The molecule has 0 aliphatic heterocycles. The Morgan fingerprint density at radius 2 is 1.29 bits per heavy atom. The van der Waals surface area contributed by atoms with Gasteiger partial charge in [-0.15, -0.1) is 0 Å². The van der Waals surface area contributed by atoms with Crippen molar-refractivity contribution in [3.63, 3.8) is 0 Å². The van der Waals surface area contributed by atoms with E-state index in [-0.39, 0.29) is 35.8 Å². The summed E-state index contributed by atoms with van der Waals surface area (Å²) in [6.07, 6.45) is 0. The predicted octanol–water partition coefficient (Wildman–Crippen LogP) is 0.866. The summed E-state index contributed by atoms with van der Waals surface area (Å²) in [6.45, 7) is 0.0204. The fourth-order valence-electron chi connectivity index (χ4n) is 0.412. The lowest BCUT2D eigenvalue weighted by molar-refractivity contribution is -0.140. The molecule has 0 heterocycles. The van der Waals surface area contributed by atoms with Crippen molar-refractivity contribution in [3.05, 3.63) is 0 Å². The van der Waals surface area contributed by atoms with E-state index < -0.39 is 0 Å². The molecular weight excluding hydrogens is 320 g/mol. The van der Waals surface area contributed by atoms with Gasteiger partial charge < -0.3 is 9.47 Å². The highest BCUT2D eigenvalue weighted by Gasteiger charge is 1.96. The lowest BCUT2D eigenvalue weighted by atomic mass is 10.6. The Morgan fingerprint density at radius 3 is 1.57 bits per heavy atom. The largest absolute Gasteiger partial charge is 0.452 e. The number of alkyl halides is 2. The third-order valence-corrected chi connectivity index (χ3v) is 1.87. The summed E-state index contributed by atoms with van der Waals surface area (Å²) < 4.78 is 9.23. The summed E-state index contributed by atoms with van der Waals surface area (Å²) in [4.78, 5) is 21.1. The van der Waals surface area contributed by atoms with Crippen LogP contribution in [0, 0.1) is 11.8 Å². The van der Waals surface area contributed by atoms with Gasteiger partial charge in [0.05, 0.1) is 0 Å². The van der Waals surface area contributed by atoms with Gasteiger partial charge >= 0.3 is 11.9 Å². The Labute approximate surface area is 98.6 Å². The first-order valence-electron chi connectivity index (χ1n) is 3.59. The fourth-order valence-corrected chi connectivity index (χ4v) is 0.736. The highest BCUT2D eigenvalue weighted by molar-refractivity contribution is 9.09. The molecule has 0 radical (unpaired) electrons. The summed E-state index contributed by atoms with van der Waals surface area (Å²) in [5.41, 5.74) is 0. The lowest BCUT2D eigenvalue weighted by Crippen LogP contribution is -2.06. The van der Waals surface area contributed by atoms with E-state index in [2.05, 4.69) is 53.2 Å². The number of rotatable bonds is 4. The first-order chi connectivity index (χ1) is 6.70. The smallest absolute Gasteiger partial charge is 0.317 e.